The minimum Gasteiger partial charge on any atom is -0.508 e. The van der Waals surface area contributed by atoms with E-state index in [1.54, 1.807) is 19.2 Å². The number of rotatable bonds is 5. The number of aromatic hydroxyl groups is 1. The molecule has 88 valence electrons. The molecule has 16 heavy (non-hydrogen) atoms. The van der Waals surface area contributed by atoms with Gasteiger partial charge in [0.2, 0.25) is 0 Å². The van der Waals surface area contributed by atoms with Crippen LogP contribution >= 0.6 is 0 Å². The van der Waals surface area contributed by atoms with Crippen LogP contribution in [0.25, 0.3) is 0 Å². The van der Waals surface area contributed by atoms with Crippen molar-refractivity contribution in [1.29, 1.82) is 0 Å². The molecule has 2 N–H and O–H groups in total. The number of ether oxygens (including phenoxy) is 1. The largest absolute Gasteiger partial charge is 0.508 e. The maximum Gasteiger partial charge on any atom is 0.120 e. The SMILES string of the molecule is COc1ccc(O)c(CNCC=C(C)C)c1. The van der Waals surface area contributed by atoms with Crippen molar-refractivity contribution < 1.29 is 9.84 Å². The molecular formula is C13H19NO2. The van der Waals surface area contributed by atoms with Crippen LogP contribution in [0.2, 0.25) is 0 Å². The van der Waals surface area contributed by atoms with Crippen molar-refractivity contribution in [2.45, 2.75) is 20.4 Å². The molecule has 0 unspecified atom stereocenters. The Morgan fingerprint density at radius 1 is 1.44 bits per heavy atom. The Morgan fingerprint density at radius 2 is 2.19 bits per heavy atom. The minimum absolute atomic E-state index is 0.297. The number of phenols is 1. The molecule has 1 aromatic carbocycles. The van der Waals surface area contributed by atoms with Crippen molar-refractivity contribution in [3.63, 3.8) is 0 Å². The van der Waals surface area contributed by atoms with Gasteiger partial charge in [0.25, 0.3) is 0 Å². The highest BCUT2D eigenvalue weighted by Gasteiger charge is 2.01. The Bertz CT molecular complexity index is 368. The van der Waals surface area contributed by atoms with Gasteiger partial charge in [0.15, 0.2) is 0 Å². The highest BCUT2D eigenvalue weighted by Crippen LogP contribution is 2.22. The third-order valence-electron chi connectivity index (χ3n) is 2.26. The topological polar surface area (TPSA) is 41.5 Å². The molecule has 0 saturated heterocycles. The summed E-state index contributed by atoms with van der Waals surface area (Å²) in [5.41, 5.74) is 2.13. The van der Waals surface area contributed by atoms with Crippen LogP contribution in [0.15, 0.2) is 29.8 Å². The van der Waals surface area contributed by atoms with Crippen LogP contribution in [-0.4, -0.2) is 18.8 Å². The monoisotopic (exact) mass is 221 g/mol. The molecule has 0 saturated carbocycles. The molecule has 0 aliphatic heterocycles. The zero-order valence-electron chi connectivity index (χ0n) is 10.1. The summed E-state index contributed by atoms with van der Waals surface area (Å²) in [6.07, 6.45) is 2.11. The van der Waals surface area contributed by atoms with E-state index in [9.17, 15) is 5.11 Å². The van der Waals surface area contributed by atoms with Crippen molar-refractivity contribution in [2.75, 3.05) is 13.7 Å². The first-order chi connectivity index (χ1) is 7.63. The third-order valence-corrected chi connectivity index (χ3v) is 2.26. The van der Waals surface area contributed by atoms with Crippen molar-refractivity contribution in [2.24, 2.45) is 0 Å². The summed E-state index contributed by atoms with van der Waals surface area (Å²) >= 11 is 0. The van der Waals surface area contributed by atoms with E-state index in [1.165, 1.54) is 5.57 Å². The zero-order valence-corrected chi connectivity index (χ0v) is 10.1. The molecule has 0 amide bonds. The Morgan fingerprint density at radius 3 is 2.81 bits per heavy atom. The molecule has 0 aliphatic carbocycles. The average molecular weight is 221 g/mol. The highest BCUT2D eigenvalue weighted by atomic mass is 16.5. The molecule has 0 atom stereocenters. The molecule has 0 bridgehead atoms. The summed E-state index contributed by atoms with van der Waals surface area (Å²) in [7, 11) is 1.62. The lowest BCUT2D eigenvalue weighted by molar-refractivity contribution is 0.410. The Labute approximate surface area is 96.8 Å². The van der Waals surface area contributed by atoms with Gasteiger partial charge in [-0.05, 0) is 32.0 Å². The fourth-order valence-corrected chi connectivity index (χ4v) is 1.31. The van der Waals surface area contributed by atoms with Gasteiger partial charge in [0, 0.05) is 18.7 Å². The van der Waals surface area contributed by atoms with E-state index in [4.69, 9.17) is 4.74 Å². The molecule has 0 heterocycles. The van der Waals surface area contributed by atoms with Crippen molar-refractivity contribution in [3.05, 3.63) is 35.4 Å². The third kappa shape index (κ3) is 3.95. The molecule has 0 spiro atoms. The van der Waals surface area contributed by atoms with E-state index in [0.29, 0.717) is 12.3 Å². The first kappa shape index (κ1) is 12.6. The van der Waals surface area contributed by atoms with Crippen LogP contribution in [0.5, 0.6) is 11.5 Å². The molecule has 0 aromatic heterocycles. The van der Waals surface area contributed by atoms with Gasteiger partial charge < -0.3 is 15.2 Å². The maximum atomic E-state index is 9.63. The van der Waals surface area contributed by atoms with Gasteiger partial charge >= 0.3 is 0 Å². The number of benzene rings is 1. The standard InChI is InChI=1S/C13H19NO2/c1-10(2)6-7-14-9-11-8-12(16-3)4-5-13(11)15/h4-6,8,14-15H,7,9H2,1-3H3. The lowest BCUT2D eigenvalue weighted by Gasteiger charge is -2.07. The summed E-state index contributed by atoms with van der Waals surface area (Å²) in [6.45, 7) is 5.56. The van der Waals surface area contributed by atoms with Crippen molar-refractivity contribution in [1.82, 2.24) is 5.32 Å². The number of allylic oxidation sites excluding steroid dienone is 1. The molecule has 0 aliphatic rings. The number of hydrogen-bond acceptors (Lipinski definition) is 3. The van der Waals surface area contributed by atoms with E-state index in [1.807, 2.05) is 6.07 Å². The van der Waals surface area contributed by atoms with Crippen molar-refractivity contribution >= 4 is 0 Å². The molecule has 1 aromatic rings. The minimum atomic E-state index is 0.297. The molecule has 3 nitrogen and oxygen atoms in total. The van der Waals surface area contributed by atoms with E-state index >= 15 is 0 Å². The van der Waals surface area contributed by atoms with Crippen LogP contribution < -0.4 is 10.1 Å². The second-order valence-corrected chi connectivity index (χ2v) is 3.91. The molecule has 1 rings (SSSR count). The average Bonchev–Trinajstić information content (AvgIpc) is 2.26. The summed E-state index contributed by atoms with van der Waals surface area (Å²) < 4.78 is 5.10. The lowest BCUT2D eigenvalue weighted by Crippen LogP contribution is -2.13. The van der Waals surface area contributed by atoms with Crippen LogP contribution in [0, 0.1) is 0 Å². The molecule has 3 heteroatoms. The van der Waals surface area contributed by atoms with Gasteiger partial charge in [-0.15, -0.1) is 0 Å². The summed E-state index contributed by atoms with van der Waals surface area (Å²) in [6, 6.07) is 5.23. The van der Waals surface area contributed by atoms with Gasteiger partial charge in [-0.1, -0.05) is 11.6 Å². The molecule has 0 radical (unpaired) electrons. The Balaban J connectivity index is 2.55. The van der Waals surface area contributed by atoms with E-state index in [0.717, 1.165) is 17.9 Å². The van der Waals surface area contributed by atoms with E-state index in [-0.39, 0.29) is 0 Å². The van der Waals surface area contributed by atoms with Crippen molar-refractivity contribution in [3.8, 4) is 11.5 Å². The van der Waals surface area contributed by atoms with Gasteiger partial charge in [0.05, 0.1) is 7.11 Å². The fraction of sp³-hybridized carbons (Fsp3) is 0.385. The summed E-state index contributed by atoms with van der Waals surface area (Å²) in [5, 5.41) is 12.9. The summed E-state index contributed by atoms with van der Waals surface area (Å²) in [4.78, 5) is 0. The molecule has 0 fully saturated rings. The molecular weight excluding hydrogens is 202 g/mol. The second-order valence-electron chi connectivity index (χ2n) is 3.91. The van der Waals surface area contributed by atoms with E-state index < -0.39 is 0 Å². The van der Waals surface area contributed by atoms with Gasteiger partial charge in [-0.3, -0.25) is 0 Å². The maximum absolute atomic E-state index is 9.63. The number of nitrogens with one attached hydrogen (secondary N) is 1. The summed E-state index contributed by atoms with van der Waals surface area (Å²) in [5.74, 6) is 1.06. The zero-order chi connectivity index (χ0) is 12.0. The predicted molar refractivity (Wildman–Crippen MR) is 65.8 cm³/mol. The first-order valence-electron chi connectivity index (χ1n) is 5.33. The number of methoxy groups -OCH3 is 1. The van der Waals surface area contributed by atoms with Gasteiger partial charge in [-0.2, -0.15) is 0 Å². The number of hydrogen-bond donors (Lipinski definition) is 2. The van der Waals surface area contributed by atoms with Crippen LogP contribution in [0.3, 0.4) is 0 Å². The fourth-order valence-electron chi connectivity index (χ4n) is 1.31. The first-order valence-corrected chi connectivity index (χ1v) is 5.33. The Hall–Kier alpha value is -1.48. The highest BCUT2D eigenvalue weighted by molar-refractivity contribution is 5.39. The lowest BCUT2D eigenvalue weighted by atomic mass is 10.2. The Kier molecular flexibility index (Phi) is 4.86. The smallest absolute Gasteiger partial charge is 0.120 e. The van der Waals surface area contributed by atoms with Gasteiger partial charge in [-0.25, -0.2) is 0 Å². The quantitative estimate of drug-likeness (QED) is 0.593. The number of phenolic OH excluding ortho intramolecular Hbond substituents is 1. The van der Waals surface area contributed by atoms with Crippen LogP contribution in [-0.2, 0) is 6.54 Å². The van der Waals surface area contributed by atoms with Crippen LogP contribution in [0.1, 0.15) is 19.4 Å². The predicted octanol–water partition coefficient (Wildman–Crippen LogP) is 2.46. The van der Waals surface area contributed by atoms with Crippen LogP contribution in [0.4, 0.5) is 0 Å². The normalized spacial score (nSPS) is 9.94. The van der Waals surface area contributed by atoms with Gasteiger partial charge in [0.1, 0.15) is 11.5 Å². The second kappa shape index (κ2) is 6.18. The van der Waals surface area contributed by atoms with E-state index in [2.05, 4.69) is 25.2 Å².